The fourth-order valence-corrected chi connectivity index (χ4v) is 4.62. The predicted octanol–water partition coefficient (Wildman–Crippen LogP) is 1.20. The maximum Gasteiger partial charge on any atom is 0.276 e. The Kier molecular flexibility index (Phi) is 3.77. The van der Waals surface area contributed by atoms with E-state index in [0.717, 1.165) is 37.0 Å². The SMILES string of the molecule is CN(C(=O)c1noc2c1CCCC2)C1CCS(=O)(=O)CC1. The average molecular weight is 312 g/mol. The molecule has 1 aliphatic carbocycles. The summed E-state index contributed by atoms with van der Waals surface area (Å²) in [6, 6.07) is -0.0306. The molecule has 1 fully saturated rings. The molecule has 0 unspecified atom stereocenters. The van der Waals surface area contributed by atoms with Gasteiger partial charge in [0.05, 0.1) is 11.5 Å². The lowest BCUT2D eigenvalue weighted by Gasteiger charge is -2.30. The van der Waals surface area contributed by atoms with Gasteiger partial charge in [0.25, 0.3) is 5.91 Å². The molecule has 2 heterocycles. The molecule has 116 valence electrons. The summed E-state index contributed by atoms with van der Waals surface area (Å²) in [5.74, 6) is 1.01. The van der Waals surface area contributed by atoms with E-state index in [1.165, 1.54) is 0 Å². The Morgan fingerprint density at radius 1 is 1.24 bits per heavy atom. The van der Waals surface area contributed by atoms with Crippen LogP contribution in [-0.4, -0.2) is 49.0 Å². The van der Waals surface area contributed by atoms with E-state index in [0.29, 0.717) is 18.5 Å². The standard InChI is InChI=1S/C14H20N2O4S/c1-16(10-6-8-21(18,19)9-7-10)14(17)13-11-4-2-3-5-12(11)20-15-13/h10H,2-9H2,1H3. The highest BCUT2D eigenvalue weighted by atomic mass is 32.2. The Morgan fingerprint density at radius 2 is 1.90 bits per heavy atom. The third-order valence-corrected chi connectivity index (χ3v) is 6.26. The number of aryl methyl sites for hydroxylation is 1. The molecule has 0 bridgehead atoms. The number of carbonyl (C=O) groups excluding carboxylic acids is 1. The van der Waals surface area contributed by atoms with Gasteiger partial charge in [-0.1, -0.05) is 5.16 Å². The first-order valence-corrected chi connectivity index (χ1v) is 9.25. The highest BCUT2D eigenvalue weighted by Crippen LogP contribution is 2.26. The zero-order valence-corrected chi connectivity index (χ0v) is 13.0. The van der Waals surface area contributed by atoms with Gasteiger partial charge in [-0.05, 0) is 32.1 Å². The van der Waals surface area contributed by atoms with Crippen molar-refractivity contribution in [3.8, 4) is 0 Å². The minimum atomic E-state index is -2.92. The molecule has 1 amide bonds. The lowest BCUT2D eigenvalue weighted by atomic mass is 9.96. The van der Waals surface area contributed by atoms with E-state index in [1.807, 2.05) is 0 Å². The molecule has 0 aromatic carbocycles. The number of hydrogen-bond acceptors (Lipinski definition) is 5. The smallest absolute Gasteiger partial charge is 0.276 e. The largest absolute Gasteiger partial charge is 0.360 e. The Balaban J connectivity index is 1.75. The van der Waals surface area contributed by atoms with Gasteiger partial charge in [-0.3, -0.25) is 4.79 Å². The third kappa shape index (κ3) is 2.84. The molecule has 6 nitrogen and oxygen atoms in total. The van der Waals surface area contributed by atoms with Gasteiger partial charge in [0.2, 0.25) is 0 Å². The van der Waals surface area contributed by atoms with Crippen LogP contribution in [0.4, 0.5) is 0 Å². The van der Waals surface area contributed by atoms with Crippen LogP contribution in [0.5, 0.6) is 0 Å². The molecule has 1 saturated heterocycles. The van der Waals surface area contributed by atoms with Crippen molar-refractivity contribution >= 4 is 15.7 Å². The van der Waals surface area contributed by atoms with Crippen molar-refractivity contribution in [1.29, 1.82) is 0 Å². The molecule has 0 saturated carbocycles. The molecule has 1 aliphatic heterocycles. The van der Waals surface area contributed by atoms with Gasteiger partial charge in [-0.15, -0.1) is 0 Å². The van der Waals surface area contributed by atoms with E-state index in [9.17, 15) is 13.2 Å². The summed E-state index contributed by atoms with van der Waals surface area (Å²) in [4.78, 5) is 14.2. The molecule has 21 heavy (non-hydrogen) atoms. The first-order valence-electron chi connectivity index (χ1n) is 7.43. The number of carbonyl (C=O) groups is 1. The van der Waals surface area contributed by atoms with Crippen LogP contribution in [0, 0.1) is 0 Å². The molecule has 2 aliphatic rings. The minimum absolute atomic E-state index is 0.0306. The second-order valence-electron chi connectivity index (χ2n) is 5.94. The topological polar surface area (TPSA) is 80.5 Å². The highest BCUT2D eigenvalue weighted by Gasteiger charge is 2.32. The Morgan fingerprint density at radius 3 is 2.62 bits per heavy atom. The van der Waals surface area contributed by atoms with E-state index in [4.69, 9.17) is 4.52 Å². The third-order valence-electron chi connectivity index (χ3n) is 4.54. The van der Waals surface area contributed by atoms with Crippen LogP contribution in [0.15, 0.2) is 4.52 Å². The van der Waals surface area contributed by atoms with Crippen molar-refractivity contribution in [2.75, 3.05) is 18.6 Å². The number of amides is 1. The molecule has 1 aromatic heterocycles. The van der Waals surface area contributed by atoms with Crippen molar-refractivity contribution in [1.82, 2.24) is 10.1 Å². The van der Waals surface area contributed by atoms with Crippen LogP contribution in [0.1, 0.15) is 47.5 Å². The number of rotatable bonds is 2. The fourth-order valence-electron chi connectivity index (χ4n) is 3.15. The quantitative estimate of drug-likeness (QED) is 0.820. The maximum atomic E-state index is 12.6. The van der Waals surface area contributed by atoms with Crippen LogP contribution in [0.3, 0.4) is 0 Å². The summed E-state index contributed by atoms with van der Waals surface area (Å²) < 4.78 is 28.2. The first kappa shape index (κ1) is 14.6. The number of nitrogens with zero attached hydrogens (tertiary/aromatic N) is 2. The molecule has 0 N–H and O–H groups in total. The van der Waals surface area contributed by atoms with Gasteiger partial charge in [0, 0.05) is 25.1 Å². The van der Waals surface area contributed by atoms with E-state index in [1.54, 1.807) is 11.9 Å². The van der Waals surface area contributed by atoms with Crippen LogP contribution >= 0.6 is 0 Å². The van der Waals surface area contributed by atoms with E-state index in [2.05, 4.69) is 5.16 Å². The lowest BCUT2D eigenvalue weighted by molar-refractivity contribution is 0.0710. The molecule has 0 spiro atoms. The van der Waals surface area contributed by atoms with Crippen molar-refractivity contribution < 1.29 is 17.7 Å². The van der Waals surface area contributed by atoms with Crippen LogP contribution in [0.2, 0.25) is 0 Å². The Hall–Kier alpha value is -1.37. The molecular weight excluding hydrogens is 292 g/mol. The molecule has 1 aromatic rings. The summed E-state index contributed by atoms with van der Waals surface area (Å²) in [6.07, 6.45) is 4.83. The number of fused-ring (bicyclic) bond motifs is 1. The lowest BCUT2D eigenvalue weighted by Crippen LogP contribution is -2.42. The molecular formula is C14H20N2O4S. The molecule has 0 radical (unpaired) electrons. The monoisotopic (exact) mass is 312 g/mol. The summed E-state index contributed by atoms with van der Waals surface area (Å²) in [6.45, 7) is 0. The van der Waals surface area contributed by atoms with E-state index < -0.39 is 9.84 Å². The Bertz CT molecular complexity index is 636. The van der Waals surface area contributed by atoms with Gasteiger partial charge >= 0.3 is 0 Å². The first-order chi connectivity index (χ1) is 9.98. The molecule has 0 atom stereocenters. The second kappa shape index (κ2) is 5.44. The average Bonchev–Trinajstić information content (AvgIpc) is 2.90. The van der Waals surface area contributed by atoms with Gasteiger partial charge in [0.15, 0.2) is 5.69 Å². The normalized spacial score (nSPS) is 21.8. The van der Waals surface area contributed by atoms with Crippen LogP contribution in [-0.2, 0) is 22.7 Å². The summed E-state index contributed by atoms with van der Waals surface area (Å²) in [5, 5.41) is 3.96. The fraction of sp³-hybridized carbons (Fsp3) is 0.714. The highest BCUT2D eigenvalue weighted by molar-refractivity contribution is 7.91. The summed E-state index contributed by atoms with van der Waals surface area (Å²) in [5.41, 5.74) is 1.36. The van der Waals surface area contributed by atoms with Crippen LogP contribution in [0.25, 0.3) is 0 Å². The van der Waals surface area contributed by atoms with E-state index >= 15 is 0 Å². The number of aromatic nitrogens is 1. The van der Waals surface area contributed by atoms with Crippen molar-refractivity contribution in [2.24, 2.45) is 0 Å². The molecule has 7 heteroatoms. The van der Waals surface area contributed by atoms with Crippen molar-refractivity contribution in [3.63, 3.8) is 0 Å². The van der Waals surface area contributed by atoms with Crippen molar-refractivity contribution in [3.05, 3.63) is 17.0 Å². The number of hydrogen-bond donors (Lipinski definition) is 0. The van der Waals surface area contributed by atoms with E-state index in [-0.39, 0.29) is 23.5 Å². The summed E-state index contributed by atoms with van der Waals surface area (Å²) in [7, 11) is -1.18. The maximum absolute atomic E-state index is 12.6. The summed E-state index contributed by atoms with van der Waals surface area (Å²) >= 11 is 0. The van der Waals surface area contributed by atoms with Gasteiger partial charge in [-0.2, -0.15) is 0 Å². The second-order valence-corrected chi connectivity index (χ2v) is 8.24. The predicted molar refractivity (Wildman–Crippen MR) is 76.9 cm³/mol. The molecule has 3 rings (SSSR count). The zero-order valence-electron chi connectivity index (χ0n) is 12.2. The van der Waals surface area contributed by atoms with Crippen LogP contribution < -0.4 is 0 Å². The van der Waals surface area contributed by atoms with Gasteiger partial charge < -0.3 is 9.42 Å². The number of sulfone groups is 1. The van der Waals surface area contributed by atoms with Gasteiger partial charge in [-0.25, -0.2) is 8.42 Å². The minimum Gasteiger partial charge on any atom is -0.360 e. The van der Waals surface area contributed by atoms with Crippen molar-refractivity contribution in [2.45, 2.75) is 44.6 Å². The zero-order chi connectivity index (χ0) is 15.0. The van der Waals surface area contributed by atoms with Gasteiger partial charge in [0.1, 0.15) is 15.6 Å². The Labute approximate surface area is 124 Å².